The van der Waals surface area contributed by atoms with Gasteiger partial charge in [-0.05, 0) is 18.4 Å². The van der Waals surface area contributed by atoms with E-state index in [1.807, 2.05) is 17.5 Å². The second-order valence-corrected chi connectivity index (χ2v) is 6.65. The second-order valence-electron chi connectivity index (χ2n) is 5.70. The van der Waals surface area contributed by atoms with Crippen molar-refractivity contribution >= 4 is 11.3 Å². The van der Waals surface area contributed by atoms with Gasteiger partial charge in [0, 0.05) is 13.1 Å². The first-order valence-corrected chi connectivity index (χ1v) is 8.73. The van der Waals surface area contributed by atoms with Gasteiger partial charge in [-0.25, -0.2) is 4.98 Å². The Balaban J connectivity index is 1.43. The van der Waals surface area contributed by atoms with Gasteiger partial charge >= 0.3 is 0 Å². The largest absolute Gasteiger partial charge is 0.418 e. The minimum atomic E-state index is 0.0494. The average Bonchev–Trinajstić information content (AvgIpc) is 3.35. The number of ether oxygens (including phenoxy) is 1. The van der Waals surface area contributed by atoms with Crippen LogP contribution < -0.4 is 0 Å². The summed E-state index contributed by atoms with van der Waals surface area (Å²) in [5, 5.41) is 14.5. The average molecular weight is 346 g/mol. The van der Waals surface area contributed by atoms with E-state index in [4.69, 9.17) is 9.15 Å². The lowest BCUT2D eigenvalue weighted by atomic mass is 10.2. The lowest BCUT2D eigenvalue weighted by Crippen LogP contribution is -2.45. The van der Waals surface area contributed by atoms with Crippen molar-refractivity contribution in [3.05, 3.63) is 36.1 Å². The Morgan fingerprint density at radius 2 is 2.38 bits per heavy atom. The molecule has 0 radical (unpaired) electrons. The molecule has 3 aromatic heterocycles. The molecule has 126 valence electrons. The van der Waals surface area contributed by atoms with Crippen LogP contribution in [0.2, 0.25) is 0 Å². The smallest absolute Gasteiger partial charge is 0.257 e. The van der Waals surface area contributed by atoms with Crippen LogP contribution >= 0.6 is 11.3 Å². The third-order valence-electron chi connectivity index (χ3n) is 4.11. The number of rotatable bonds is 5. The number of thiophene rings is 1. The summed E-state index contributed by atoms with van der Waals surface area (Å²) in [5.41, 5.74) is 0. The summed E-state index contributed by atoms with van der Waals surface area (Å²) in [4.78, 5) is 7.26. The van der Waals surface area contributed by atoms with Crippen molar-refractivity contribution in [2.75, 3.05) is 19.7 Å². The molecule has 0 unspecified atom stereocenters. The second kappa shape index (κ2) is 6.80. The standard InChI is InChI=1S/C15H18N6O2S/c1-11(14-18-19-15(23-14)13-3-2-6-24-13)20-4-5-22-12(7-20)8-21-10-16-9-17-21/h2-3,6,9-12H,4-5,7-8H2,1H3/t11-,12+/m0/s1. The number of hydrogen-bond acceptors (Lipinski definition) is 8. The molecule has 0 amide bonds. The molecule has 0 aromatic carbocycles. The molecular formula is C15H18N6O2S. The van der Waals surface area contributed by atoms with Gasteiger partial charge in [0.05, 0.1) is 30.2 Å². The zero-order valence-corrected chi connectivity index (χ0v) is 14.1. The Morgan fingerprint density at radius 1 is 1.42 bits per heavy atom. The lowest BCUT2D eigenvalue weighted by Gasteiger charge is -2.35. The summed E-state index contributed by atoms with van der Waals surface area (Å²) >= 11 is 1.59. The van der Waals surface area contributed by atoms with Crippen LogP contribution in [-0.2, 0) is 11.3 Å². The first-order chi connectivity index (χ1) is 11.8. The molecule has 1 fully saturated rings. The predicted octanol–water partition coefficient (Wildman–Crippen LogP) is 1.85. The molecule has 8 nitrogen and oxygen atoms in total. The summed E-state index contributed by atoms with van der Waals surface area (Å²) in [6, 6.07) is 4.01. The summed E-state index contributed by atoms with van der Waals surface area (Å²) in [6.07, 6.45) is 3.31. The van der Waals surface area contributed by atoms with Gasteiger partial charge in [0.25, 0.3) is 5.89 Å². The molecule has 9 heteroatoms. The van der Waals surface area contributed by atoms with Crippen molar-refractivity contribution < 1.29 is 9.15 Å². The van der Waals surface area contributed by atoms with Gasteiger partial charge in [0.2, 0.25) is 5.89 Å². The number of morpholine rings is 1. The van der Waals surface area contributed by atoms with Crippen molar-refractivity contribution in [1.82, 2.24) is 29.9 Å². The van der Waals surface area contributed by atoms with Crippen LogP contribution in [0.4, 0.5) is 0 Å². The predicted molar refractivity (Wildman–Crippen MR) is 87.4 cm³/mol. The van der Waals surface area contributed by atoms with E-state index in [2.05, 4.69) is 32.1 Å². The zero-order chi connectivity index (χ0) is 16.4. The van der Waals surface area contributed by atoms with E-state index in [0.29, 0.717) is 24.9 Å². The van der Waals surface area contributed by atoms with Crippen molar-refractivity contribution in [2.24, 2.45) is 0 Å². The molecule has 2 atom stereocenters. The van der Waals surface area contributed by atoms with E-state index >= 15 is 0 Å². The highest BCUT2D eigenvalue weighted by molar-refractivity contribution is 7.13. The Hall–Kier alpha value is -2.10. The molecule has 1 aliphatic rings. The van der Waals surface area contributed by atoms with Gasteiger partial charge in [-0.1, -0.05) is 6.07 Å². The van der Waals surface area contributed by atoms with Gasteiger partial charge in [-0.3, -0.25) is 9.58 Å². The molecule has 4 heterocycles. The van der Waals surface area contributed by atoms with Gasteiger partial charge < -0.3 is 9.15 Å². The van der Waals surface area contributed by atoms with Crippen molar-refractivity contribution in [2.45, 2.75) is 25.6 Å². The highest BCUT2D eigenvalue weighted by atomic mass is 32.1. The molecule has 0 aliphatic carbocycles. The summed E-state index contributed by atoms with van der Waals surface area (Å²) in [6.45, 7) is 5.08. The molecular weight excluding hydrogens is 328 g/mol. The van der Waals surface area contributed by atoms with Gasteiger partial charge in [-0.15, -0.1) is 21.5 Å². The molecule has 1 saturated heterocycles. The van der Waals surface area contributed by atoms with Crippen LogP contribution in [0.3, 0.4) is 0 Å². The van der Waals surface area contributed by atoms with Gasteiger partial charge in [-0.2, -0.15) is 5.10 Å². The molecule has 3 aromatic rings. The van der Waals surface area contributed by atoms with Gasteiger partial charge in [0.1, 0.15) is 12.7 Å². The fraction of sp³-hybridized carbons (Fsp3) is 0.467. The van der Waals surface area contributed by atoms with Crippen LogP contribution in [-0.4, -0.2) is 55.7 Å². The maximum absolute atomic E-state index is 5.86. The fourth-order valence-corrected chi connectivity index (χ4v) is 3.44. The van der Waals surface area contributed by atoms with Crippen molar-refractivity contribution in [3.63, 3.8) is 0 Å². The third-order valence-corrected chi connectivity index (χ3v) is 4.96. The fourth-order valence-electron chi connectivity index (χ4n) is 2.80. The monoisotopic (exact) mass is 346 g/mol. The van der Waals surface area contributed by atoms with Crippen LogP contribution in [0.5, 0.6) is 0 Å². The Morgan fingerprint density at radius 3 is 3.17 bits per heavy atom. The van der Waals surface area contributed by atoms with E-state index in [9.17, 15) is 0 Å². The normalized spacial score (nSPS) is 20.3. The quantitative estimate of drug-likeness (QED) is 0.697. The first kappa shape index (κ1) is 15.4. The molecule has 0 spiro atoms. The van der Waals surface area contributed by atoms with E-state index < -0.39 is 0 Å². The highest BCUT2D eigenvalue weighted by Gasteiger charge is 2.28. The maximum atomic E-state index is 5.86. The number of nitrogens with zero attached hydrogens (tertiary/aromatic N) is 6. The summed E-state index contributed by atoms with van der Waals surface area (Å²) < 4.78 is 13.5. The minimum absolute atomic E-state index is 0.0494. The Kier molecular flexibility index (Phi) is 4.37. The van der Waals surface area contributed by atoms with Crippen LogP contribution in [0.15, 0.2) is 34.6 Å². The molecule has 4 rings (SSSR count). The minimum Gasteiger partial charge on any atom is -0.418 e. The SMILES string of the molecule is C[C@@H](c1nnc(-c2cccs2)o1)N1CCO[C@@H](Cn2cncn2)C1. The maximum Gasteiger partial charge on any atom is 0.257 e. The van der Waals surface area contributed by atoms with Crippen LogP contribution in [0.1, 0.15) is 18.9 Å². The van der Waals surface area contributed by atoms with E-state index in [0.717, 1.165) is 18.0 Å². The Labute approximate surface area is 143 Å². The third kappa shape index (κ3) is 3.23. The molecule has 1 aliphatic heterocycles. The van der Waals surface area contributed by atoms with Crippen molar-refractivity contribution in [1.29, 1.82) is 0 Å². The Bertz CT molecular complexity index is 757. The van der Waals surface area contributed by atoms with Crippen molar-refractivity contribution in [3.8, 4) is 10.8 Å². The van der Waals surface area contributed by atoms with Crippen LogP contribution in [0, 0.1) is 0 Å². The molecule has 0 bridgehead atoms. The van der Waals surface area contributed by atoms with E-state index in [1.54, 1.807) is 22.3 Å². The van der Waals surface area contributed by atoms with Crippen LogP contribution in [0.25, 0.3) is 10.8 Å². The molecule has 0 N–H and O–H groups in total. The zero-order valence-electron chi connectivity index (χ0n) is 13.3. The first-order valence-electron chi connectivity index (χ1n) is 7.85. The topological polar surface area (TPSA) is 82.1 Å². The van der Waals surface area contributed by atoms with Gasteiger partial charge in [0.15, 0.2) is 0 Å². The summed E-state index contributed by atoms with van der Waals surface area (Å²) in [5.74, 6) is 1.22. The number of aromatic nitrogens is 5. The summed E-state index contributed by atoms with van der Waals surface area (Å²) in [7, 11) is 0. The lowest BCUT2D eigenvalue weighted by molar-refractivity contribution is -0.0526. The molecule has 0 saturated carbocycles. The van der Waals surface area contributed by atoms with E-state index in [1.165, 1.54) is 6.33 Å². The number of hydrogen-bond donors (Lipinski definition) is 0. The highest BCUT2D eigenvalue weighted by Crippen LogP contribution is 2.27. The molecule has 24 heavy (non-hydrogen) atoms. The van der Waals surface area contributed by atoms with E-state index in [-0.39, 0.29) is 12.1 Å².